The van der Waals surface area contributed by atoms with Gasteiger partial charge in [0.1, 0.15) is 0 Å². The van der Waals surface area contributed by atoms with Gasteiger partial charge in [-0.05, 0) is 13.8 Å². The lowest BCUT2D eigenvalue weighted by molar-refractivity contribution is -0.115. The van der Waals surface area contributed by atoms with Crippen molar-refractivity contribution in [3.8, 4) is 11.3 Å². The topological polar surface area (TPSA) is 97.1 Å². The Hall–Kier alpha value is -3.00. The lowest BCUT2D eigenvalue weighted by atomic mass is 10.1. The van der Waals surface area contributed by atoms with Crippen LogP contribution in [0.2, 0.25) is 0 Å². The maximum absolute atomic E-state index is 12.1. The zero-order valence-corrected chi connectivity index (χ0v) is 14.5. The van der Waals surface area contributed by atoms with Crippen molar-refractivity contribution in [2.24, 2.45) is 0 Å². The zero-order valence-electron chi connectivity index (χ0n) is 13.7. The molecule has 2 amide bonds. The molecule has 0 atom stereocenters. The van der Waals surface area contributed by atoms with E-state index in [1.54, 1.807) is 0 Å². The number of hydrogen-bond donors (Lipinski definition) is 2. The van der Waals surface area contributed by atoms with Crippen LogP contribution in [0.4, 0.5) is 5.13 Å². The summed E-state index contributed by atoms with van der Waals surface area (Å²) in [4.78, 5) is 29.2. The van der Waals surface area contributed by atoms with E-state index in [4.69, 9.17) is 4.52 Å². The molecule has 2 heterocycles. The number of anilines is 1. The number of benzene rings is 1. The van der Waals surface area contributed by atoms with Crippen LogP contribution in [0.5, 0.6) is 0 Å². The van der Waals surface area contributed by atoms with Crippen LogP contribution in [0.1, 0.15) is 21.1 Å². The molecular weight excluding hydrogens is 340 g/mol. The maximum atomic E-state index is 12.1. The third-order valence-electron chi connectivity index (χ3n) is 3.49. The number of carbonyl (C=O) groups is 2. The van der Waals surface area contributed by atoms with Crippen molar-refractivity contribution in [2.75, 3.05) is 11.9 Å². The molecule has 1 aromatic carbocycles. The van der Waals surface area contributed by atoms with Gasteiger partial charge < -0.3 is 15.2 Å². The summed E-state index contributed by atoms with van der Waals surface area (Å²) in [7, 11) is 0. The highest BCUT2D eigenvalue weighted by Crippen LogP contribution is 2.21. The average Bonchev–Trinajstić information content (AvgIpc) is 3.21. The fraction of sp³-hybridized carbons (Fsp3) is 0.176. The van der Waals surface area contributed by atoms with Crippen LogP contribution >= 0.6 is 11.3 Å². The number of thiazole rings is 1. The number of nitrogens with zero attached hydrogens (tertiary/aromatic N) is 2. The van der Waals surface area contributed by atoms with Gasteiger partial charge in [0, 0.05) is 16.5 Å². The van der Waals surface area contributed by atoms with E-state index in [1.807, 2.05) is 44.2 Å². The predicted octanol–water partition coefficient (Wildman–Crippen LogP) is 2.78. The Balaban J connectivity index is 1.56. The molecule has 2 aromatic heterocycles. The summed E-state index contributed by atoms with van der Waals surface area (Å²) in [5.74, 6) is -0.342. The van der Waals surface area contributed by atoms with Crippen molar-refractivity contribution in [1.29, 1.82) is 0 Å². The molecule has 8 heteroatoms. The third-order valence-corrected chi connectivity index (χ3v) is 4.47. The molecule has 128 valence electrons. The molecular formula is C17H16N4O3S. The van der Waals surface area contributed by atoms with E-state index < -0.39 is 5.91 Å². The molecule has 0 aliphatic rings. The van der Waals surface area contributed by atoms with Crippen molar-refractivity contribution in [2.45, 2.75) is 13.8 Å². The second-order valence-electron chi connectivity index (χ2n) is 5.33. The SMILES string of the molecule is Cc1nc(NC(=O)CNC(=O)c2cc(-c3ccccc3)on2)sc1C. The first-order chi connectivity index (χ1) is 12.0. The van der Waals surface area contributed by atoms with Crippen LogP contribution in [0.15, 0.2) is 40.9 Å². The largest absolute Gasteiger partial charge is 0.355 e. The van der Waals surface area contributed by atoms with E-state index >= 15 is 0 Å². The summed E-state index contributed by atoms with van der Waals surface area (Å²) in [6.45, 7) is 3.63. The van der Waals surface area contributed by atoms with Gasteiger partial charge >= 0.3 is 0 Å². The van der Waals surface area contributed by atoms with E-state index in [0.717, 1.165) is 16.1 Å². The summed E-state index contributed by atoms with van der Waals surface area (Å²) in [5.41, 5.74) is 1.81. The average molecular weight is 356 g/mol. The first-order valence-electron chi connectivity index (χ1n) is 7.57. The van der Waals surface area contributed by atoms with Crippen LogP contribution < -0.4 is 10.6 Å². The quantitative estimate of drug-likeness (QED) is 0.733. The van der Waals surface area contributed by atoms with Gasteiger partial charge in [-0.2, -0.15) is 0 Å². The van der Waals surface area contributed by atoms with Gasteiger partial charge in [-0.1, -0.05) is 35.5 Å². The third kappa shape index (κ3) is 4.10. The number of nitrogens with one attached hydrogen (secondary N) is 2. The number of hydrogen-bond acceptors (Lipinski definition) is 6. The standard InChI is InChI=1S/C17H16N4O3S/c1-10-11(2)25-17(19-10)20-15(22)9-18-16(23)13-8-14(24-21-13)12-6-4-3-5-7-12/h3-8H,9H2,1-2H3,(H,18,23)(H,19,20,22). The second-order valence-corrected chi connectivity index (χ2v) is 6.54. The Bertz CT molecular complexity index is 882. The first-order valence-corrected chi connectivity index (χ1v) is 8.39. The molecule has 2 N–H and O–H groups in total. The summed E-state index contributed by atoms with van der Waals surface area (Å²) in [6, 6.07) is 10.9. The molecule has 7 nitrogen and oxygen atoms in total. The smallest absolute Gasteiger partial charge is 0.273 e. The number of amides is 2. The Morgan fingerprint density at radius 1 is 1.20 bits per heavy atom. The van der Waals surface area contributed by atoms with Crippen molar-refractivity contribution >= 4 is 28.3 Å². The van der Waals surface area contributed by atoms with Crippen LogP contribution in [-0.4, -0.2) is 28.5 Å². The lowest BCUT2D eigenvalue weighted by Gasteiger charge is -2.02. The van der Waals surface area contributed by atoms with E-state index in [-0.39, 0.29) is 18.1 Å². The molecule has 3 rings (SSSR count). The van der Waals surface area contributed by atoms with Crippen LogP contribution in [-0.2, 0) is 4.79 Å². The summed E-state index contributed by atoms with van der Waals surface area (Å²) >= 11 is 1.39. The van der Waals surface area contributed by atoms with Crippen LogP contribution in [0.25, 0.3) is 11.3 Å². The van der Waals surface area contributed by atoms with Gasteiger partial charge in [0.25, 0.3) is 5.91 Å². The Morgan fingerprint density at radius 3 is 2.64 bits per heavy atom. The minimum atomic E-state index is -0.479. The minimum Gasteiger partial charge on any atom is -0.355 e. The van der Waals surface area contributed by atoms with Gasteiger partial charge in [0.05, 0.1) is 12.2 Å². The Labute approximate surface area is 148 Å². The Morgan fingerprint density at radius 2 is 1.96 bits per heavy atom. The summed E-state index contributed by atoms with van der Waals surface area (Å²) in [6.07, 6.45) is 0. The fourth-order valence-electron chi connectivity index (χ4n) is 2.06. The molecule has 0 fully saturated rings. The summed E-state index contributed by atoms with van der Waals surface area (Å²) < 4.78 is 5.17. The van der Waals surface area contributed by atoms with E-state index in [1.165, 1.54) is 17.4 Å². The number of aryl methyl sites for hydroxylation is 2. The summed E-state index contributed by atoms with van der Waals surface area (Å²) in [5, 5.41) is 9.42. The lowest BCUT2D eigenvalue weighted by Crippen LogP contribution is -2.33. The first kappa shape index (κ1) is 16.8. The molecule has 0 radical (unpaired) electrons. The highest BCUT2D eigenvalue weighted by molar-refractivity contribution is 7.15. The van der Waals surface area contributed by atoms with Gasteiger partial charge in [0.15, 0.2) is 16.6 Å². The molecule has 3 aromatic rings. The molecule has 25 heavy (non-hydrogen) atoms. The van der Waals surface area contributed by atoms with E-state index in [2.05, 4.69) is 20.8 Å². The second kappa shape index (κ2) is 7.27. The molecule has 0 unspecified atom stereocenters. The van der Waals surface area contributed by atoms with Crippen molar-refractivity contribution < 1.29 is 14.1 Å². The van der Waals surface area contributed by atoms with Gasteiger partial charge in [0.2, 0.25) is 5.91 Å². The van der Waals surface area contributed by atoms with Gasteiger partial charge in [-0.3, -0.25) is 9.59 Å². The number of rotatable bonds is 5. The maximum Gasteiger partial charge on any atom is 0.273 e. The molecule has 0 bridgehead atoms. The highest BCUT2D eigenvalue weighted by atomic mass is 32.1. The predicted molar refractivity (Wildman–Crippen MR) is 94.5 cm³/mol. The van der Waals surface area contributed by atoms with Crippen molar-refractivity contribution in [3.05, 3.63) is 52.7 Å². The monoisotopic (exact) mass is 356 g/mol. The molecule has 0 aliphatic carbocycles. The molecule has 0 spiro atoms. The van der Waals surface area contributed by atoms with Crippen molar-refractivity contribution in [3.63, 3.8) is 0 Å². The number of carbonyl (C=O) groups excluding carboxylic acids is 2. The van der Waals surface area contributed by atoms with Crippen LogP contribution in [0, 0.1) is 13.8 Å². The fourth-order valence-corrected chi connectivity index (χ4v) is 2.89. The highest BCUT2D eigenvalue weighted by Gasteiger charge is 2.15. The molecule has 0 aliphatic heterocycles. The Kier molecular flexibility index (Phi) is 4.90. The van der Waals surface area contributed by atoms with Gasteiger partial charge in [-0.15, -0.1) is 11.3 Å². The van der Waals surface area contributed by atoms with Crippen molar-refractivity contribution in [1.82, 2.24) is 15.5 Å². The molecule has 0 saturated heterocycles. The van der Waals surface area contributed by atoms with Gasteiger partial charge in [-0.25, -0.2) is 4.98 Å². The molecule has 0 saturated carbocycles. The number of aromatic nitrogens is 2. The van der Waals surface area contributed by atoms with E-state index in [9.17, 15) is 9.59 Å². The minimum absolute atomic E-state index is 0.118. The van der Waals surface area contributed by atoms with Crippen LogP contribution in [0.3, 0.4) is 0 Å². The normalized spacial score (nSPS) is 10.5. The zero-order chi connectivity index (χ0) is 17.8. The van der Waals surface area contributed by atoms with E-state index in [0.29, 0.717) is 10.9 Å².